The first-order valence-electron chi connectivity index (χ1n) is 24.8. The van der Waals surface area contributed by atoms with Gasteiger partial charge in [0, 0.05) is 55.7 Å². The van der Waals surface area contributed by atoms with Crippen LogP contribution < -0.4 is 9.80 Å². The van der Waals surface area contributed by atoms with Crippen molar-refractivity contribution in [3.8, 4) is 11.1 Å². The van der Waals surface area contributed by atoms with E-state index in [1.165, 1.54) is 79.1 Å². The van der Waals surface area contributed by atoms with E-state index in [1.54, 1.807) is 0 Å². The Morgan fingerprint density at radius 2 is 0.746 bits per heavy atom. The van der Waals surface area contributed by atoms with Gasteiger partial charge in [0.15, 0.2) is 0 Å². The third-order valence-corrected chi connectivity index (χ3v) is 14.7. The molecule has 0 fully saturated rings. The van der Waals surface area contributed by atoms with Crippen molar-refractivity contribution in [2.45, 2.75) is 65.7 Å². The Hall–Kier alpha value is -8.02. The quantitative estimate of drug-likeness (QED) is 0.143. The maximum atomic E-state index is 14.4. The van der Waals surface area contributed by atoms with E-state index in [2.05, 4.69) is 208 Å². The molecular formula is C66H55F2N3. The first-order chi connectivity index (χ1) is 34.2. The lowest BCUT2D eigenvalue weighted by Crippen LogP contribution is -2.10. The molecule has 0 N–H and O–H groups in total. The van der Waals surface area contributed by atoms with Crippen LogP contribution in [0.4, 0.5) is 42.9 Å². The zero-order valence-corrected chi connectivity index (χ0v) is 41.2. The van der Waals surface area contributed by atoms with Gasteiger partial charge in [-0.3, -0.25) is 0 Å². The average Bonchev–Trinajstić information content (AvgIpc) is 3.86. The number of nitrogens with zero attached hydrogens (tertiary/aromatic N) is 3. The van der Waals surface area contributed by atoms with Crippen LogP contribution >= 0.6 is 0 Å². The van der Waals surface area contributed by atoms with Gasteiger partial charge in [-0.2, -0.15) is 0 Å². The van der Waals surface area contributed by atoms with Gasteiger partial charge < -0.3 is 14.2 Å². The molecule has 0 spiro atoms. The van der Waals surface area contributed by atoms with E-state index in [0.29, 0.717) is 11.8 Å². The molecule has 0 aliphatic rings. The molecule has 3 nitrogen and oxygen atoms in total. The van der Waals surface area contributed by atoms with Crippen molar-refractivity contribution >= 4 is 93.8 Å². The van der Waals surface area contributed by atoms with Crippen LogP contribution in [0.15, 0.2) is 194 Å². The van der Waals surface area contributed by atoms with E-state index in [0.717, 1.165) is 66.7 Å². The zero-order valence-electron chi connectivity index (χ0n) is 41.2. The van der Waals surface area contributed by atoms with Crippen molar-refractivity contribution in [3.63, 3.8) is 0 Å². The summed E-state index contributed by atoms with van der Waals surface area (Å²) in [5.41, 5.74) is 15.5. The van der Waals surface area contributed by atoms with E-state index in [1.807, 2.05) is 24.3 Å². The molecule has 0 aliphatic carbocycles. The Bertz CT molecular complexity index is 3730. The molecule has 0 unspecified atom stereocenters. The van der Waals surface area contributed by atoms with Crippen LogP contribution in [0, 0.1) is 11.6 Å². The van der Waals surface area contributed by atoms with Crippen molar-refractivity contribution in [3.05, 3.63) is 222 Å². The molecular weight excluding hydrogens is 873 g/mol. The molecule has 2 heterocycles. The molecule has 348 valence electrons. The van der Waals surface area contributed by atoms with Crippen LogP contribution in [0.25, 0.3) is 70.8 Å². The predicted molar refractivity (Wildman–Crippen MR) is 298 cm³/mol. The normalized spacial score (nSPS) is 12.3. The van der Waals surface area contributed by atoms with E-state index < -0.39 is 0 Å². The van der Waals surface area contributed by atoms with Crippen LogP contribution in [0.3, 0.4) is 0 Å². The fraction of sp³-hybridized carbons (Fsp3) is 0.152. The molecule has 0 aliphatic heterocycles. The third kappa shape index (κ3) is 7.72. The van der Waals surface area contributed by atoms with Crippen LogP contribution in [0.5, 0.6) is 0 Å². The average molecular weight is 928 g/mol. The lowest BCUT2D eigenvalue weighted by Gasteiger charge is -2.26. The summed E-state index contributed by atoms with van der Waals surface area (Å²) in [6, 6.07) is 67.6. The van der Waals surface area contributed by atoms with Crippen LogP contribution in [-0.2, 0) is 5.41 Å². The van der Waals surface area contributed by atoms with Gasteiger partial charge in [-0.25, -0.2) is 8.78 Å². The maximum Gasteiger partial charge on any atom is 0.123 e. The minimum Gasteiger partial charge on any atom is -0.310 e. The molecule has 0 bridgehead atoms. The summed E-state index contributed by atoms with van der Waals surface area (Å²) in [5, 5.41) is 9.31. The Kier molecular flexibility index (Phi) is 10.5. The largest absolute Gasteiger partial charge is 0.310 e. The minimum absolute atomic E-state index is 0.0492. The van der Waals surface area contributed by atoms with Crippen molar-refractivity contribution in [2.75, 3.05) is 9.80 Å². The standard InChI is InChI=1S/C66H55F2N3/c1-40(2)42-10-22-53(23-11-42)69(55-28-18-51(67)19-29-55)57-26-14-45-34-59-61-36-49(44-8-16-50(17-9-44)66(5,6)7)37-62-60-35-46-15-27-58(33-48(46)39-64(60)71(65(61)62)63(59)38-47(45)32-57)70(56-30-20-52(68)21-31-56)54-24-12-43(13-25-54)41(3)4/h8-41H,1-7H3. The summed E-state index contributed by atoms with van der Waals surface area (Å²) < 4.78 is 31.3. The molecule has 12 rings (SSSR count). The summed E-state index contributed by atoms with van der Waals surface area (Å²) >= 11 is 0. The summed E-state index contributed by atoms with van der Waals surface area (Å²) in [6.07, 6.45) is 0. The second-order valence-electron chi connectivity index (χ2n) is 21.0. The monoisotopic (exact) mass is 927 g/mol. The van der Waals surface area contributed by atoms with Gasteiger partial charge in [0.05, 0.1) is 16.6 Å². The van der Waals surface area contributed by atoms with Crippen LogP contribution in [-0.4, -0.2) is 4.40 Å². The van der Waals surface area contributed by atoms with Gasteiger partial charge in [0.25, 0.3) is 0 Å². The highest BCUT2D eigenvalue weighted by Crippen LogP contribution is 2.46. The Balaban J connectivity index is 1.09. The summed E-state index contributed by atoms with van der Waals surface area (Å²) in [7, 11) is 0. The highest BCUT2D eigenvalue weighted by atomic mass is 19.1. The minimum atomic E-state index is -0.265. The van der Waals surface area contributed by atoms with Crippen molar-refractivity contribution in [2.24, 2.45) is 0 Å². The van der Waals surface area contributed by atoms with E-state index in [-0.39, 0.29) is 17.0 Å². The first-order valence-corrected chi connectivity index (χ1v) is 24.8. The smallest absolute Gasteiger partial charge is 0.123 e. The SMILES string of the molecule is CC(C)c1ccc(N(c2ccc(F)cc2)c2ccc3cc4c5cc(-c6ccc(C(C)(C)C)cc6)cc6c7cc8ccc(N(c9ccc(F)cc9)c9ccc(C(C)C)cc9)cc8cc7n(c4cc3c2)c56)cc1. The topological polar surface area (TPSA) is 10.9 Å². The maximum absolute atomic E-state index is 14.4. The molecule has 10 aromatic carbocycles. The number of rotatable bonds is 9. The van der Waals surface area contributed by atoms with E-state index in [4.69, 9.17) is 0 Å². The number of fused-ring (bicyclic) bond motifs is 8. The van der Waals surface area contributed by atoms with Gasteiger partial charge >= 0.3 is 0 Å². The lowest BCUT2D eigenvalue weighted by molar-refractivity contribution is 0.590. The summed E-state index contributed by atoms with van der Waals surface area (Å²) in [4.78, 5) is 4.42. The number of benzene rings is 10. The fourth-order valence-electron chi connectivity index (χ4n) is 10.7. The Morgan fingerprint density at radius 3 is 1.13 bits per heavy atom. The molecule has 2 aromatic heterocycles. The molecule has 12 aromatic rings. The molecule has 0 atom stereocenters. The van der Waals surface area contributed by atoms with Crippen molar-refractivity contribution in [1.82, 2.24) is 4.40 Å². The number of halogens is 2. The van der Waals surface area contributed by atoms with E-state index >= 15 is 0 Å². The van der Waals surface area contributed by atoms with E-state index in [9.17, 15) is 8.78 Å². The number of hydrogen-bond donors (Lipinski definition) is 0. The van der Waals surface area contributed by atoms with Gasteiger partial charge in [-0.05, 0) is 200 Å². The highest BCUT2D eigenvalue weighted by Gasteiger charge is 2.23. The predicted octanol–water partition coefficient (Wildman–Crippen LogP) is 19.6. The number of hydrogen-bond acceptors (Lipinski definition) is 2. The third-order valence-electron chi connectivity index (χ3n) is 14.7. The first kappa shape index (κ1) is 44.2. The van der Waals surface area contributed by atoms with Gasteiger partial charge in [-0.15, -0.1) is 0 Å². The zero-order chi connectivity index (χ0) is 48.9. The summed E-state index contributed by atoms with van der Waals surface area (Å²) in [5.74, 6) is 0.275. The van der Waals surface area contributed by atoms with Crippen LogP contribution in [0.1, 0.15) is 77.0 Å². The van der Waals surface area contributed by atoms with Gasteiger partial charge in [-0.1, -0.05) is 109 Å². The molecule has 5 heteroatoms. The molecule has 0 radical (unpaired) electrons. The van der Waals surface area contributed by atoms with Crippen LogP contribution in [0.2, 0.25) is 0 Å². The molecule has 0 saturated heterocycles. The fourth-order valence-corrected chi connectivity index (χ4v) is 10.7. The second-order valence-corrected chi connectivity index (χ2v) is 21.0. The van der Waals surface area contributed by atoms with Gasteiger partial charge in [0.1, 0.15) is 11.6 Å². The molecule has 0 saturated carbocycles. The van der Waals surface area contributed by atoms with Crippen molar-refractivity contribution < 1.29 is 8.78 Å². The molecule has 0 amide bonds. The molecule has 71 heavy (non-hydrogen) atoms. The highest BCUT2D eigenvalue weighted by molar-refractivity contribution is 6.27. The summed E-state index contributed by atoms with van der Waals surface area (Å²) in [6.45, 7) is 15.6. The van der Waals surface area contributed by atoms with Crippen molar-refractivity contribution in [1.29, 1.82) is 0 Å². The lowest BCUT2D eigenvalue weighted by atomic mass is 9.86. The number of aromatic nitrogens is 1. The Labute approximate surface area is 414 Å². The number of anilines is 6. The van der Waals surface area contributed by atoms with Gasteiger partial charge in [0.2, 0.25) is 0 Å². The second kappa shape index (κ2) is 16.8. The Morgan fingerprint density at radius 1 is 0.366 bits per heavy atom.